The number of likely N-dealkylation sites (tertiary alicyclic amines) is 1. The smallest absolute Gasteiger partial charge is 0.258 e. The van der Waals surface area contributed by atoms with Crippen LogP contribution in [0.1, 0.15) is 18.7 Å². The highest BCUT2D eigenvalue weighted by molar-refractivity contribution is 5.81. The molecule has 2 aromatic rings. The minimum Gasteiger partial charge on any atom is -0.493 e. The molecule has 2 heterocycles. The molecule has 3 rings (SSSR count). The first-order valence-electron chi connectivity index (χ1n) is 7.08. The number of methoxy groups -OCH3 is 2. The summed E-state index contributed by atoms with van der Waals surface area (Å²) in [7, 11) is 3.12. The van der Waals surface area contributed by atoms with E-state index in [0.29, 0.717) is 34.8 Å². The predicted octanol–water partition coefficient (Wildman–Crippen LogP) is 1.54. The summed E-state index contributed by atoms with van der Waals surface area (Å²) < 4.78 is 10.5. The highest BCUT2D eigenvalue weighted by atomic mass is 16.5. The Hall–Kier alpha value is -2.08. The van der Waals surface area contributed by atoms with Gasteiger partial charge in [0.2, 0.25) is 0 Å². The van der Waals surface area contributed by atoms with E-state index < -0.39 is 0 Å². The van der Waals surface area contributed by atoms with Crippen LogP contribution in [0.2, 0.25) is 0 Å². The lowest BCUT2D eigenvalue weighted by Gasteiger charge is -2.14. The van der Waals surface area contributed by atoms with Crippen molar-refractivity contribution in [2.45, 2.75) is 19.4 Å². The van der Waals surface area contributed by atoms with Crippen molar-refractivity contribution >= 4 is 10.9 Å². The van der Waals surface area contributed by atoms with Gasteiger partial charge in [-0.15, -0.1) is 0 Å². The third kappa shape index (κ3) is 2.71. The number of rotatable bonds is 4. The fourth-order valence-corrected chi connectivity index (χ4v) is 2.74. The first kappa shape index (κ1) is 13.9. The highest BCUT2D eigenvalue weighted by Gasteiger charge is 2.15. The molecule has 1 saturated heterocycles. The Labute approximate surface area is 122 Å². The molecule has 0 saturated carbocycles. The normalized spacial score (nSPS) is 15.5. The molecule has 0 bridgehead atoms. The molecule has 6 heteroatoms. The van der Waals surface area contributed by atoms with Gasteiger partial charge in [-0.3, -0.25) is 9.69 Å². The van der Waals surface area contributed by atoms with Crippen LogP contribution in [0.3, 0.4) is 0 Å². The number of aromatic nitrogens is 2. The van der Waals surface area contributed by atoms with Crippen LogP contribution in [0, 0.1) is 0 Å². The molecule has 0 radical (unpaired) electrons. The van der Waals surface area contributed by atoms with Gasteiger partial charge in [-0.05, 0) is 32.0 Å². The van der Waals surface area contributed by atoms with Crippen LogP contribution >= 0.6 is 0 Å². The van der Waals surface area contributed by atoms with E-state index in [9.17, 15) is 4.79 Å². The topological polar surface area (TPSA) is 67.5 Å². The van der Waals surface area contributed by atoms with Crippen LogP contribution in [-0.2, 0) is 6.54 Å². The molecule has 1 N–H and O–H groups in total. The van der Waals surface area contributed by atoms with Gasteiger partial charge in [0.1, 0.15) is 5.82 Å². The number of nitrogens with zero attached hydrogens (tertiary/aromatic N) is 2. The van der Waals surface area contributed by atoms with E-state index in [2.05, 4.69) is 14.9 Å². The van der Waals surface area contributed by atoms with E-state index in [1.807, 2.05) is 0 Å². The summed E-state index contributed by atoms with van der Waals surface area (Å²) in [6.45, 7) is 2.81. The van der Waals surface area contributed by atoms with Gasteiger partial charge in [0.05, 0.1) is 31.7 Å². The summed E-state index contributed by atoms with van der Waals surface area (Å²) in [6.07, 6.45) is 2.42. The lowest BCUT2D eigenvalue weighted by Crippen LogP contribution is -2.22. The van der Waals surface area contributed by atoms with Crippen molar-refractivity contribution in [1.29, 1.82) is 0 Å². The highest BCUT2D eigenvalue weighted by Crippen LogP contribution is 2.29. The van der Waals surface area contributed by atoms with Crippen molar-refractivity contribution in [3.8, 4) is 11.5 Å². The van der Waals surface area contributed by atoms with E-state index in [1.54, 1.807) is 26.4 Å². The van der Waals surface area contributed by atoms with Crippen LogP contribution in [-0.4, -0.2) is 42.2 Å². The zero-order valence-corrected chi connectivity index (χ0v) is 12.3. The summed E-state index contributed by atoms with van der Waals surface area (Å²) in [6, 6.07) is 3.41. The fourth-order valence-electron chi connectivity index (χ4n) is 2.74. The van der Waals surface area contributed by atoms with Gasteiger partial charge in [-0.25, -0.2) is 4.98 Å². The standard InChI is InChI=1S/C15H19N3O3/c1-20-12-7-10-11(8-13(12)21-2)16-14(17-15(10)19)9-18-5-3-4-6-18/h7-8H,3-6,9H2,1-2H3,(H,16,17,19). The Bertz CT molecular complexity index is 705. The molecule has 0 aliphatic carbocycles. The minimum atomic E-state index is -0.143. The van der Waals surface area contributed by atoms with Gasteiger partial charge in [0.25, 0.3) is 5.56 Å². The molecule has 1 aromatic heterocycles. The molecule has 1 fully saturated rings. The van der Waals surface area contributed by atoms with E-state index >= 15 is 0 Å². The van der Waals surface area contributed by atoms with E-state index in [4.69, 9.17) is 9.47 Å². The fraction of sp³-hybridized carbons (Fsp3) is 0.467. The largest absolute Gasteiger partial charge is 0.493 e. The van der Waals surface area contributed by atoms with Crippen LogP contribution in [0.25, 0.3) is 10.9 Å². The average molecular weight is 289 g/mol. The van der Waals surface area contributed by atoms with Crippen LogP contribution in [0.15, 0.2) is 16.9 Å². The Kier molecular flexibility index (Phi) is 3.79. The quantitative estimate of drug-likeness (QED) is 0.924. The maximum Gasteiger partial charge on any atom is 0.258 e. The first-order valence-corrected chi connectivity index (χ1v) is 7.08. The zero-order chi connectivity index (χ0) is 14.8. The number of nitrogens with one attached hydrogen (secondary N) is 1. The Balaban J connectivity index is 2.03. The molecule has 0 spiro atoms. The van der Waals surface area contributed by atoms with Gasteiger partial charge in [0, 0.05) is 6.07 Å². The monoisotopic (exact) mass is 289 g/mol. The molecule has 21 heavy (non-hydrogen) atoms. The number of H-pyrrole nitrogens is 1. The molecule has 1 aromatic carbocycles. The average Bonchev–Trinajstić information content (AvgIpc) is 2.99. The van der Waals surface area contributed by atoms with Crippen molar-refractivity contribution in [3.05, 3.63) is 28.3 Å². The molecular formula is C15H19N3O3. The molecule has 0 atom stereocenters. The second-order valence-corrected chi connectivity index (χ2v) is 5.22. The van der Waals surface area contributed by atoms with Crippen molar-refractivity contribution in [3.63, 3.8) is 0 Å². The van der Waals surface area contributed by atoms with E-state index in [0.717, 1.165) is 13.1 Å². The van der Waals surface area contributed by atoms with Gasteiger partial charge in [-0.1, -0.05) is 0 Å². The third-order valence-electron chi connectivity index (χ3n) is 3.83. The zero-order valence-electron chi connectivity index (χ0n) is 12.3. The van der Waals surface area contributed by atoms with Crippen LogP contribution in [0.5, 0.6) is 11.5 Å². The number of ether oxygens (including phenoxy) is 2. The summed E-state index contributed by atoms with van der Waals surface area (Å²) in [5, 5.41) is 0.512. The number of aromatic amines is 1. The Morgan fingerprint density at radius 2 is 1.86 bits per heavy atom. The number of benzene rings is 1. The van der Waals surface area contributed by atoms with Crippen LogP contribution in [0.4, 0.5) is 0 Å². The lowest BCUT2D eigenvalue weighted by molar-refractivity contribution is 0.322. The number of fused-ring (bicyclic) bond motifs is 1. The van der Waals surface area contributed by atoms with Crippen molar-refractivity contribution < 1.29 is 9.47 Å². The molecule has 1 aliphatic rings. The van der Waals surface area contributed by atoms with Crippen LogP contribution < -0.4 is 15.0 Å². The molecular weight excluding hydrogens is 270 g/mol. The first-order chi connectivity index (χ1) is 10.2. The molecule has 1 aliphatic heterocycles. The molecule has 0 unspecified atom stereocenters. The minimum absolute atomic E-state index is 0.143. The molecule has 112 valence electrons. The summed E-state index contributed by atoms with van der Waals surface area (Å²) in [4.78, 5) is 21.9. The lowest BCUT2D eigenvalue weighted by atomic mass is 10.2. The van der Waals surface area contributed by atoms with Crippen molar-refractivity contribution in [2.75, 3.05) is 27.3 Å². The third-order valence-corrected chi connectivity index (χ3v) is 3.83. The summed E-state index contributed by atoms with van der Waals surface area (Å²) in [5.41, 5.74) is 0.487. The molecule has 0 amide bonds. The maximum absolute atomic E-state index is 12.2. The molecule has 6 nitrogen and oxygen atoms in total. The Morgan fingerprint density at radius 1 is 1.19 bits per heavy atom. The van der Waals surface area contributed by atoms with Gasteiger partial charge >= 0.3 is 0 Å². The van der Waals surface area contributed by atoms with Gasteiger partial charge in [-0.2, -0.15) is 0 Å². The predicted molar refractivity (Wildman–Crippen MR) is 80.0 cm³/mol. The second-order valence-electron chi connectivity index (χ2n) is 5.22. The summed E-state index contributed by atoms with van der Waals surface area (Å²) in [5.74, 6) is 1.81. The van der Waals surface area contributed by atoms with Crippen molar-refractivity contribution in [1.82, 2.24) is 14.9 Å². The SMILES string of the molecule is COc1cc2nc(CN3CCCC3)[nH]c(=O)c2cc1OC. The summed E-state index contributed by atoms with van der Waals surface area (Å²) >= 11 is 0. The van der Waals surface area contributed by atoms with Gasteiger partial charge < -0.3 is 14.5 Å². The number of hydrogen-bond acceptors (Lipinski definition) is 5. The Morgan fingerprint density at radius 3 is 2.52 bits per heavy atom. The maximum atomic E-state index is 12.2. The number of hydrogen-bond donors (Lipinski definition) is 1. The van der Waals surface area contributed by atoms with E-state index in [1.165, 1.54) is 12.8 Å². The van der Waals surface area contributed by atoms with Gasteiger partial charge in [0.15, 0.2) is 11.5 Å². The second kappa shape index (κ2) is 5.73. The van der Waals surface area contributed by atoms with Crippen molar-refractivity contribution in [2.24, 2.45) is 0 Å². The van der Waals surface area contributed by atoms with E-state index in [-0.39, 0.29) is 5.56 Å².